The maximum atomic E-state index is 12.6. The Morgan fingerprint density at radius 1 is 1.22 bits per heavy atom. The summed E-state index contributed by atoms with van der Waals surface area (Å²) in [6.07, 6.45) is 8.69. The van der Waals surface area contributed by atoms with Gasteiger partial charge in [-0.05, 0) is 67.9 Å². The number of anilines is 1. The summed E-state index contributed by atoms with van der Waals surface area (Å²) in [5.41, 5.74) is 8.88. The van der Waals surface area contributed by atoms with E-state index in [1.54, 1.807) is 12.4 Å². The zero-order valence-corrected chi connectivity index (χ0v) is 20.4. The first-order chi connectivity index (χ1) is 17.4. The van der Waals surface area contributed by atoms with Gasteiger partial charge in [0.05, 0.1) is 17.9 Å². The van der Waals surface area contributed by atoms with Crippen LogP contribution in [0.1, 0.15) is 62.5 Å². The number of nitro groups is 1. The second kappa shape index (κ2) is 8.53. The number of Topliss-reactive ketones (excluding diaryl/α,β-unsaturated/α-hetero) is 1. The van der Waals surface area contributed by atoms with Gasteiger partial charge in [0.25, 0.3) is 0 Å². The van der Waals surface area contributed by atoms with Crippen molar-refractivity contribution in [3.63, 3.8) is 0 Å². The molecule has 0 saturated heterocycles. The molecule has 6 rings (SSSR count). The summed E-state index contributed by atoms with van der Waals surface area (Å²) in [5, 5.41) is 12.2. The van der Waals surface area contributed by atoms with E-state index in [0.717, 1.165) is 36.8 Å². The van der Waals surface area contributed by atoms with Crippen LogP contribution in [0.15, 0.2) is 24.8 Å². The number of carbonyl (C=O) groups is 1. The molecular formula is C26H30N6O4. The lowest BCUT2D eigenvalue weighted by atomic mass is 9.55. The van der Waals surface area contributed by atoms with Crippen LogP contribution in [-0.2, 0) is 17.8 Å². The minimum Gasteiger partial charge on any atom is -0.487 e. The summed E-state index contributed by atoms with van der Waals surface area (Å²) in [4.78, 5) is 36.9. The lowest BCUT2D eigenvalue weighted by Gasteiger charge is -2.48. The number of hydrogen-bond acceptors (Lipinski definition) is 8. The largest absolute Gasteiger partial charge is 0.487 e. The number of aryl methyl sites for hydroxylation is 1. The highest BCUT2D eigenvalue weighted by atomic mass is 16.6. The topological polar surface area (TPSA) is 139 Å². The molecule has 0 unspecified atom stereocenters. The Kier molecular flexibility index (Phi) is 5.42. The van der Waals surface area contributed by atoms with Crippen LogP contribution in [0.25, 0.3) is 11.2 Å². The fourth-order valence-corrected chi connectivity index (χ4v) is 7.19. The van der Waals surface area contributed by atoms with Gasteiger partial charge in [-0.15, -0.1) is 0 Å². The maximum absolute atomic E-state index is 12.6. The van der Waals surface area contributed by atoms with E-state index in [1.165, 1.54) is 6.33 Å². The number of carbonyl (C=O) groups excluding carboxylic acids is 1. The highest BCUT2D eigenvalue weighted by Gasteiger charge is 2.55. The number of hydrogen-bond donors (Lipinski definition) is 1. The molecular weight excluding hydrogens is 460 g/mol. The lowest BCUT2D eigenvalue weighted by Crippen LogP contribution is -2.42. The second-order valence-electron chi connectivity index (χ2n) is 10.6. The molecule has 36 heavy (non-hydrogen) atoms. The Morgan fingerprint density at radius 2 is 2.08 bits per heavy atom. The van der Waals surface area contributed by atoms with E-state index in [9.17, 15) is 14.9 Å². The molecule has 2 saturated carbocycles. The smallest absolute Gasteiger partial charge is 0.314 e. The van der Waals surface area contributed by atoms with E-state index in [1.807, 2.05) is 10.6 Å². The number of benzene rings is 1. The molecule has 188 valence electrons. The Labute approximate surface area is 208 Å². The molecule has 2 heterocycles. The predicted molar refractivity (Wildman–Crippen MR) is 133 cm³/mol. The van der Waals surface area contributed by atoms with Crippen molar-refractivity contribution >= 4 is 28.5 Å². The van der Waals surface area contributed by atoms with Crippen LogP contribution in [-0.4, -0.2) is 36.8 Å². The fraction of sp³-hybridized carbons (Fsp3) is 0.538. The summed E-state index contributed by atoms with van der Waals surface area (Å²) >= 11 is 0. The first-order valence-electron chi connectivity index (χ1n) is 12.8. The van der Waals surface area contributed by atoms with Gasteiger partial charge in [-0.1, -0.05) is 13.0 Å². The van der Waals surface area contributed by atoms with Gasteiger partial charge in [-0.3, -0.25) is 14.9 Å². The molecule has 3 aliphatic carbocycles. The Hall–Kier alpha value is -3.56. The normalized spacial score (nSPS) is 26.9. The number of ether oxygens (including phenoxy) is 1. The highest BCUT2D eigenvalue weighted by Crippen LogP contribution is 2.60. The minimum absolute atomic E-state index is 0.107. The van der Waals surface area contributed by atoms with Crippen LogP contribution in [0.5, 0.6) is 5.75 Å². The quantitative estimate of drug-likeness (QED) is 0.308. The van der Waals surface area contributed by atoms with Crippen molar-refractivity contribution in [2.24, 2.45) is 17.3 Å². The van der Waals surface area contributed by atoms with Gasteiger partial charge < -0.3 is 15.0 Å². The third-order valence-electron chi connectivity index (χ3n) is 8.97. The molecule has 2 N–H and O–H groups in total. The first-order valence-corrected chi connectivity index (χ1v) is 12.8. The molecule has 3 aliphatic rings. The number of ketones is 1. The summed E-state index contributed by atoms with van der Waals surface area (Å²) in [6.45, 7) is 3.06. The minimum atomic E-state index is -0.288. The van der Waals surface area contributed by atoms with Gasteiger partial charge in [0.1, 0.15) is 17.6 Å². The zero-order chi connectivity index (χ0) is 25.0. The Balaban J connectivity index is 1.19. The summed E-state index contributed by atoms with van der Waals surface area (Å²) < 4.78 is 7.83. The van der Waals surface area contributed by atoms with E-state index in [-0.39, 0.29) is 21.9 Å². The lowest BCUT2D eigenvalue weighted by molar-refractivity contribution is -0.386. The van der Waals surface area contributed by atoms with E-state index in [4.69, 9.17) is 10.5 Å². The molecule has 4 atom stereocenters. The molecule has 3 aromatic rings. The van der Waals surface area contributed by atoms with Crippen molar-refractivity contribution in [1.29, 1.82) is 0 Å². The average molecular weight is 491 g/mol. The molecule has 0 aliphatic heterocycles. The summed E-state index contributed by atoms with van der Waals surface area (Å²) in [7, 11) is 0. The molecule has 2 fully saturated rings. The van der Waals surface area contributed by atoms with Crippen molar-refractivity contribution in [3.8, 4) is 5.75 Å². The molecule has 1 aromatic carbocycles. The van der Waals surface area contributed by atoms with Gasteiger partial charge in [0.2, 0.25) is 0 Å². The number of nitro benzene ring substituents is 1. The summed E-state index contributed by atoms with van der Waals surface area (Å²) in [5.74, 6) is 2.18. The van der Waals surface area contributed by atoms with Gasteiger partial charge in [0, 0.05) is 23.9 Å². The molecule has 10 nitrogen and oxygen atoms in total. The van der Waals surface area contributed by atoms with E-state index in [0.29, 0.717) is 72.8 Å². The molecule has 0 bridgehead atoms. The van der Waals surface area contributed by atoms with Crippen molar-refractivity contribution in [1.82, 2.24) is 19.5 Å². The maximum Gasteiger partial charge on any atom is 0.314 e. The fourth-order valence-electron chi connectivity index (χ4n) is 7.19. The number of imidazole rings is 1. The number of fused-ring (bicyclic) bond motifs is 6. The number of aromatic nitrogens is 4. The van der Waals surface area contributed by atoms with Gasteiger partial charge in [-0.25, -0.2) is 15.0 Å². The first kappa shape index (κ1) is 22.9. The highest BCUT2D eigenvalue weighted by molar-refractivity contribution is 5.87. The van der Waals surface area contributed by atoms with Gasteiger partial charge >= 0.3 is 5.69 Å². The molecule has 0 amide bonds. The van der Waals surface area contributed by atoms with E-state index in [2.05, 4.69) is 21.9 Å². The number of nitrogens with two attached hydrogens (primary N) is 1. The predicted octanol–water partition coefficient (Wildman–Crippen LogP) is 4.21. The average Bonchev–Trinajstić information content (AvgIpc) is 3.42. The SMILES string of the molecule is C[C@]12CC[C@@H]3c4ccc(OCCCn5cnc6c(N)ncnc65)c([N+](=O)[O-])c4CC[C@H]3[C@@H]1CCC2=O. The Morgan fingerprint density at radius 3 is 2.92 bits per heavy atom. The molecule has 10 heteroatoms. The standard InChI is InChI=1S/C26H30N6O4/c1-26-10-9-16-15-5-7-20(36-12-2-11-31-14-30-22-24(27)28-13-29-25(22)31)23(32(34)35)18(15)4-3-17(16)19(26)6-8-21(26)33/h5,7,13-14,16-17,19H,2-4,6,8-12H2,1H3,(H2,27,28,29)/t16-,17-,19+,26+/m1/s1. The van der Waals surface area contributed by atoms with Crippen LogP contribution in [0.2, 0.25) is 0 Å². The number of rotatable bonds is 6. The molecule has 0 spiro atoms. The van der Waals surface area contributed by atoms with Crippen LogP contribution < -0.4 is 10.5 Å². The van der Waals surface area contributed by atoms with Crippen molar-refractivity contribution in [3.05, 3.63) is 46.0 Å². The van der Waals surface area contributed by atoms with E-state index < -0.39 is 0 Å². The van der Waals surface area contributed by atoms with Gasteiger partial charge in [0.15, 0.2) is 17.2 Å². The van der Waals surface area contributed by atoms with Crippen LogP contribution >= 0.6 is 0 Å². The van der Waals surface area contributed by atoms with Gasteiger partial charge in [-0.2, -0.15) is 0 Å². The van der Waals surface area contributed by atoms with Crippen molar-refractivity contribution in [2.45, 2.75) is 64.3 Å². The Bertz CT molecular complexity index is 1370. The number of nitrogen functional groups attached to an aromatic ring is 1. The van der Waals surface area contributed by atoms with Crippen molar-refractivity contribution in [2.75, 3.05) is 12.3 Å². The number of nitrogens with zero attached hydrogens (tertiary/aromatic N) is 5. The third kappa shape index (κ3) is 3.45. The second-order valence-corrected chi connectivity index (χ2v) is 10.6. The van der Waals surface area contributed by atoms with Crippen LogP contribution in [0.3, 0.4) is 0 Å². The zero-order valence-electron chi connectivity index (χ0n) is 20.4. The van der Waals surface area contributed by atoms with Crippen LogP contribution in [0, 0.1) is 27.4 Å². The summed E-state index contributed by atoms with van der Waals surface area (Å²) in [6, 6.07) is 3.81. The van der Waals surface area contributed by atoms with Crippen LogP contribution in [0.4, 0.5) is 11.5 Å². The molecule has 2 aromatic heterocycles. The molecule has 0 radical (unpaired) electrons. The van der Waals surface area contributed by atoms with E-state index >= 15 is 0 Å². The monoisotopic (exact) mass is 490 g/mol. The van der Waals surface area contributed by atoms with Crippen molar-refractivity contribution < 1.29 is 14.5 Å². The third-order valence-corrected chi connectivity index (χ3v) is 8.97.